The third-order valence-corrected chi connectivity index (χ3v) is 3.83. The van der Waals surface area contributed by atoms with Gasteiger partial charge in [0.15, 0.2) is 5.82 Å². The first-order valence-electron chi connectivity index (χ1n) is 6.37. The highest BCUT2D eigenvalue weighted by Gasteiger charge is 2.08. The van der Waals surface area contributed by atoms with Gasteiger partial charge in [0.1, 0.15) is 5.65 Å². The van der Waals surface area contributed by atoms with Gasteiger partial charge in [-0.25, -0.2) is 4.98 Å². The normalized spacial score (nSPS) is 11.6. The second kappa shape index (κ2) is 5.47. The Kier molecular flexibility index (Phi) is 3.66. The van der Waals surface area contributed by atoms with Gasteiger partial charge in [0.2, 0.25) is 0 Å². The molecule has 0 aliphatic heterocycles. The van der Waals surface area contributed by atoms with Crippen LogP contribution in [0.3, 0.4) is 0 Å². The average Bonchev–Trinajstić information content (AvgIpc) is 2.75. The van der Waals surface area contributed by atoms with Gasteiger partial charge in [-0.2, -0.15) is 0 Å². The number of azo groups is 1. The van der Waals surface area contributed by atoms with E-state index < -0.39 is 0 Å². The lowest BCUT2D eigenvalue weighted by molar-refractivity contribution is 1.09. The van der Waals surface area contributed by atoms with Crippen molar-refractivity contribution in [1.29, 1.82) is 0 Å². The van der Waals surface area contributed by atoms with E-state index in [0.717, 1.165) is 16.9 Å². The summed E-state index contributed by atoms with van der Waals surface area (Å²) in [4.78, 5) is 4.48. The highest BCUT2D eigenvalue weighted by molar-refractivity contribution is 6.42. The van der Waals surface area contributed by atoms with Crippen molar-refractivity contribution in [2.45, 2.75) is 13.8 Å². The molecule has 0 radical (unpaired) electrons. The largest absolute Gasteiger partial charge is 0.283 e. The third kappa shape index (κ3) is 2.77. The summed E-state index contributed by atoms with van der Waals surface area (Å²) in [6.07, 6.45) is 1.94. The first kappa shape index (κ1) is 14.0. The summed E-state index contributed by atoms with van der Waals surface area (Å²) >= 11 is 11.8. The Morgan fingerprint density at radius 3 is 2.57 bits per heavy atom. The van der Waals surface area contributed by atoms with Crippen molar-refractivity contribution in [3.63, 3.8) is 0 Å². The van der Waals surface area contributed by atoms with Crippen LogP contribution in [0.1, 0.15) is 11.3 Å². The summed E-state index contributed by atoms with van der Waals surface area (Å²) in [5.41, 5.74) is 3.48. The summed E-state index contributed by atoms with van der Waals surface area (Å²) in [6.45, 7) is 3.94. The van der Waals surface area contributed by atoms with Gasteiger partial charge in [0, 0.05) is 6.20 Å². The number of hydrogen-bond donors (Lipinski definition) is 0. The molecule has 0 N–H and O–H groups in total. The SMILES string of the molecule is Cc1ccn2c(N=Nc3ccc(Cl)c(Cl)c3)c(C)nc2c1. The van der Waals surface area contributed by atoms with E-state index in [1.165, 1.54) is 0 Å². The van der Waals surface area contributed by atoms with Crippen LogP contribution in [-0.2, 0) is 0 Å². The minimum absolute atomic E-state index is 0.457. The van der Waals surface area contributed by atoms with Crippen molar-refractivity contribution >= 4 is 40.4 Å². The van der Waals surface area contributed by atoms with Gasteiger partial charge in [-0.15, -0.1) is 10.2 Å². The molecule has 4 nitrogen and oxygen atoms in total. The zero-order valence-electron chi connectivity index (χ0n) is 11.5. The van der Waals surface area contributed by atoms with Crippen LogP contribution in [0.2, 0.25) is 10.0 Å². The van der Waals surface area contributed by atoms with Gasteiger partial charge < -0.3 is 0 Å². The standard InChI is InChI=1S/C15H12Cl2N4/c1-9-5-6-21-14(7-9)18-10(2)15(21)20-19-11-3-4-12(16)13(17)8-11/h3-8H,1-2H3. The summed E-state index contributed by atoms with van der Waals surface area (Å²) in [5, 5.41) is 9.45. The quantitative estimate of drug-likeness (QED) is 0.561. The maximum absolute atomic E-state index is 5.97. The summed E-state index contributed by atoms with van der Waals surface area (Å²) < 4.78 is 1.91. The highest BCUT2D eigenvalue weighted by Crippen LogP contribution is 2.28. The Labute approximate surface area is 132 Å². The fraction of sp³-hybridized carbons (Fsp3) is 0.133. The van der Waals surface area contributed by atoms with Crippen LogP contribution < -0.4 is 0 Å². The number of imidazole rings is 1. The van der Waals surface area contributed by atoms with Crippen molar-refractivity contribution in [2.24, 2.45) is 10.2 Å². The molecule has 21 heavy (non-hydrogen) atoms. The van der Waals surface area contributed by atoms with Crippen molar-refractivity contribution in [3.05, 3.63) is 57.8 Å². The number of fused-ring (bicyclic) bond motifs is 1. The van der Waals surface area contributed by atoms with E-state index in [1.54, 1.807) is 18.2 Å². The number of benzene rings is 1. The van der Waals surface area contributed by atoms with E-state index in [-0.39, 0.29) is 0 Å². The van der Waals surface area contributed by atoms with Crippen LogP contribution in [-0.4, -0.2) is 9.38 Å². The Morgan fingerprint density at radius 1 is 1.00 bits per heavy atom. The minimum atomic E-state index is 0.457. The van der Waals surface area contributed by atoms with Crippen molar-refractivity contribution in [2.75, 3.05) is 0 Å². The predicted octanol–water partition coefficient (Wildman–Crippen LogP) is 5.67. The lowest BCUT2D eigenvalue weighted by atomic mass is 10.3. The number of hydrogen-bond acceptors (Lipinski definition) is 3. The average molecular weight is 319 g/mol. The second-order valence-electron chi connectivity index (χ2n) is 4.75. The first-order valence-corrected chi connectivity index (χ1v) is 7.12. The second-order valence-corrected chi connectivity index (χ2v) is 5.57. The number of aryl methyl sites for hydroxylation is 2. The maximum Gasteiger partial charge on any atom is 0.182 e. The Morgan fingerprint density at radius 2 is 1.81 bits per heavy atom. The molecule has 0 fully saturated rings. The van der Waals surface area contributed by atoms with Crippen LogP contribution in [0, 0.1) is 13.8 Å². The van der Waals surface area contributed by atoms with E-state index in [0.29, 0.717) is 21.6 Å². The molecular weight excluding hydrogens is 307 g/mol. The monoisotopic (exact) mass is 318 g/mol. The molecule has 1 aromatic carbocycles. The Hall–Kier alpha value is -1.91. The Balaban J connectivity index is 2.02. The maximum atomic E-state index is 5.97. The van der Waals surface area contributed by atoms with E-state index in [4.69, 9.17) is 23.2 Å². The molecule has 0 spiro atoms. The van der Waals surface area contributed by atoms with Gasteiger partial charge >= 0.3 is 0 Å². The number of aromatic nitrogens is 2. The zero-order chi connectivity index (χ0) is 15.0. The smallest absolute Gasteiger partial charge is 0.182 e. The zero-order valence-corrected chi connectivity index (χ0v) is 13.0. The molecule has 2 aromatic heterocycles. The van der Waals surface area contributed by atoms with Crippen molar-refractivity contribution in [1.82, 2.24) is 9.38 Å². The molecular formula is C15H12Cl2N4. The van der Waals surface area contributed by atoms with Gasteiger partial charge in [-0.3, -0.25) is 4.40 Å². The van der Waals surface area contributed by atoms with Gasteiger partial charge in [0.05, 0.1) is 21.4 Å². The highest BCUT2D eigenvalue weighted by atomic mass is 35.5. The molecule has 3 rings (SSSR count). The molecule has 3 aromatic rings. The molecule has 0 unspecified atom stereocenters. The molecule has 0 bridgehead atoms. The van der Waals surface area contributed by atoms with Crippen molar-refractivity contribution < 1.29 is 0 Å². The molecule has 0 aliphatic rings. The van der Waals surface area contributed by atoms with E-state index >= 15 is 0 Å². The lowest BCUT2D eigenvalue weighted by Gasteiger charge is -1.98. The molecule has 6 heteroatoms. The topological polar surface area (TPSA) is 42.0 Å². The lowest BCUT2D eigenvalue weighted by Crippen LogP contribution is -1.83. The fourth-order valence-electron chi connectivity index (χ4n) is 2.02. The molecule has 0 saturated heterocycles. The number of rotatable bonds is 2. The molecule has 0 amide bonds. The minimum Gasteiger partial charge on any atom is -0.283 e. The van der Waals surface area contributed by atoms with Gasteiger partial charge in [0.25, 0.3) is 0 Å². The van der Waals surface area contributed by atoms with Gasteiger partial charge in [-0.05, 0) is 49.7 Å². The van der Waals surface area contributed by atoms with Crippen LogP contribution in [0.4, 0.5) is 11.5 Å². The van der Waals surface area contributed by atoms with Crippen LogP contribution in [0.25, 0.3) is 5.65 Å². The van der Waals surface area contributed by atoms with E-state index in [9.17, 15) is 0 Å². The number of nitrogens with zero attached hydrogens (tertiary/aromatic N) is 4. The van der Waals surface area contributed by atoms with E-state index in [2.05, 4.69) is 15.2 Å². The molecule has 0 atom stereocenters. The van der Waals surface area contributed by atoms with Crippen molar-refractivity contribution in [3.8, 4) is 0 Å². The van der Waals surface area contributed by atoms with E-state index in [1.807, 2.05) is 36.6 Å². The number of pyridine rings is 1. The Bertz CT molecular complexity index is 852. The first-order chi connectivity index (χ1) is 10.0. The summed E-state index contributed by atoms with van der Waals surface area (Å²) in [6, 6.07) is 9.15. The summed E-state index contributed by atoms with van der Waals surface area (Å²) in [7, 11) is 0. The fourth-order valence-corrected chi connectivity index (χ4v) is 2.32. The van der Waals surface area contributed by atoms with Crippen LogP contribution in [0.15, 0.2) is 46.8 Å². The molecule has 2 heterocycles. The molecule has 0 aliphatic carbocycles. The third-order valence-electron chi connectivity index (χ3n) is 3.09. The van der Waals surface area contributed by atoms with Crippen LogP contribution in [0.5, 0.6) is 0 Å². The van der Waals surface area contributed by atoms with Gasteiger partial charge in [-0.1, -0.05) is 23.2 Å². The van der Waals surface area contributed by atoms with Crippen LogP contribution >= 0.6 is 23.2 Å². The summed E-state index contributed by atoms with van der Waals surface area (Å²) in [5.74, 6) is 0.705. The molecule has 106 valence electrons. The molecule has 0 saturated carbocycles. The number of halogens is 2. The predicted molar refractivity (Wildman–Crippen MR) is 85.3 cm³/mol.